The van der Waals surface area contributed by atoms with E-state index in [9.17, 15) is 9.18 Å². The van der Waals surface area contributed by atoms with E-state index >= 15 is 0 Å². The predicted molar refractivity (Wildman–Crippen MR) is 74.3 cm³/mol. The van der Waals surface area contributed by atoms with E-state index in [0.717, 1.165) is 31.2 Å². The summed E-state index contributed by atoms with van der Waals surface area (Å²) in [5.74, 6) is -0.416. The number of carbonyl (C=O) groups is 1. The molecule has 2 unspecified atom stereocenters. The normalized spacial score (nSPS) is 26.4. The van der Waals surface area contributed by atoms with Gasteiger partial charge in [0.25, 0.3) is 0 Å². The molecule has 0 radical (unpaired) electrons. The number of nitrogens with one attached hydrogen (secondary N) is 1. The van der Waals surface area contributed by atoms with E-state index in [-0.39, 0.29) is 17.6 Å². The number of carbonyl (C=O) groups excluding carboxylic acids is 1. The van der Waals surface area contributed by atoms with Gasteiger partial charge in [0.15, 0.2) is 0 Å². The van der Waals surface area contributed by atoms with Gasteiger partial charge in [0.05, 0.1) is 0 Å². The molecule has 3 nitrogen and oxygen atoms in total. The van der Waals surface area contributed by atoms with Crippen LogP contribution in [0.5, 0.6) is 0 Å². The molecular formula is C15H21FN2O. The number of benzene rings is 1. The molecule has 0 heterocycles. The molecule has 1 saturated carbocycles. The minimum Gasteiger partial charge on any atom is -0.371 e. The molecular weight excluding hydrogens is 243 g/mol. The highest BCUT2D eigenvalue weighted by Crippen LogP contribution is 2.40. The maximum Gasteiger partial charge on any atom is 0.243 e. The smallest absolute Gasteiger partial charge is 0.243 e. The lowest BCUT2D eigenvalue weighted by Gasteiger charge is -2.34. The molecule has 19 heavy (non-hydrogen) atoms. The Bertz CT molecular complexity index is 469. The Morgan fingerprint density at radius 2 is 2.26 bits per heavy atom. The third-order valence-electron chi connectivity index (χ3n) is 4.16. The van der Waals surface area contributed by atoms with Gasteiger partial charge in [-0.3, -0.25) is 4.79 Å². The third kappa shape index (κ3) is 2.57. The van der Waals surface area contributed by atoms with Crippen LogP contribution in [0, 0.1) is 18.7 Å². The van der Waals surface area contributed by atoms with Gasteiger partial charge in [0.1, 0.15) is 11.4 Å². The summed E-state index contributed by atoms with van der Waals surface area (Å²) in [6.07, 6.45) is 3.57. The van der Waals surface area contributed by atoms with E-state index in [1.807, 2.05) is 13.0 Å². The van der Waals surface area contributed by atoms with Crippen LogP contribution < -0.4 is 11.1 Å². The maximum absolute atomic E-state index is 13.5. The number of aryl methyl sites for hydroxylation is 1. The van der Waals surface area contributed by atoms with Gasteiger partial charge in [-0.2, -0.15) is 0 Å². The lowest BCUT2D eigenvalue weighted by molar-refractivity contribution is -0.123. The summed E-state index contributed by atoms with van der Waals surface area (Å²) >= 11 is 0. The molecule has 3 N–H and O–H groups in total. The van der Waals surface area contributed by atoms with Gasteiger partial charge in [-0.25, -0.2) is 4.39 Å². The Kier molecular flexibility index (Phi) is 3.78. The van der Waals surface area contributed by atoms with Crippen LogP contribution in [-0.4, -0.2) is 11.4 Å². The molecule has 0 aliphatic heterocycles. The van der Waals surface area contributed by atoms with Crippen molar-refractivity contribution in [2.75, 3.05) is 5.32 Å². The standard InChI is InChI=1S/C15H21FN2O/c1-3-11-5-4-6-15(11,14(17)19)18-13-8-10(2)7-12(16)9-13/h7-9,11,18H,3-6H2,1-2H3,(H2,17,19). The van der Waals surface area contributed by atoms with Crippen molar-refractivity contribution in [2.45, 2.75) is 45.1 Å². The van der Waals surface area contributed by atoms with Crippen molar-refractivity contribution in [3.05, 3.63) is 29.6 Å². The van der Waals surface area contributed by atoms with Crippen LogP contribution in [0.25, 0.3) is 0 Å². The molecule has 1 amide bonds. The highest BCUT2D eigenvalue weighted by atomic mass is 19.1. The quantitative estimate of drug-likeness (QED) is 0.878. The lowest BCUT2D eigenvalue weighted by atomic mass is 9.84. The highest BCUT2D eigenvalue weighted by Gasteiger charge is 2.46. The van der Waals surface area contributed by atoms with E-state index in [1.54, 1.807) is 0 Å². The molecule has 1 fully saturated rings. The number of nitrogens with two attached hydrogens (primary N) is 1. The Morgan fingerprint density at radius 1 is 1.53 bits per heavy atom. The first kappa shape index (κ1) is 13.8. The Balaban J connectivity index is 2.33. The molecule has 0 saturated heterocycles. The van der Waals surface area contributed by atoms with Crippen LogP contribution in [-0.2, 0) is 4.79 Å². The SMILES string of the molecule is CCC1CCCC1(Nc1cc(C)cc(F)c1)C(N)=O. The van der Waals surface area contributed by atoms with Crippen LogP contribution in [0.2, 0.25) is 0 Å². The average Bonchev–Trinajstić information content (AvgIpc) is 2.71. The van der Waals surface area contributed by atoms with E-state index < -0.39 is 5.54 Å². The van der Waals surface area contributed by atoms with E-state index in [0.29, 0.717) is 5.69 Å². The molecule has 2 atom stereocenters. The summed E-state index contributed by atoms with van der Waals surface area (Å²) < 4.78 is 13.5. The van der Waals surface area contributed by atoms with Crippen LogP contribution in [0.15, 0.2) is 18.2 Å². The summed E-state index contributed by atoms with van der Waals surface area (Å²) in [7, 11) is 0. The van der Waals surface area contributed by atoms with Gasteiger partial charge >= 0.3 is 0 Å². The molecule has 4 heteroatoms. The second-order valence-corrected chi connectivity index (χ2v) is 5.48. The molecule has 0 bridgehead atoms. The molecule has 1 aliphatic carbocycles. The van der Waals surface area contributed by atoms with Crippen LogP contribution >= 0.6 is 0 Å². The summed E-state index contributed by atoms with van der Waals surface area (Å²) in [6.45, 7) is 3.89. The molecule has 2 rings (SSSR count). The first-order valence-electron chi connectivity index (χ1n) is 6.83. The van der Waals surface area contributed by atoms with Gasteiger partial charge in [-0.15, -0.1) is 0 Å². The fourth-order valence-electron chi connectivity index (χ4n) is 3.25. The molecule has 1 aromatic carbocycles. The summed E-state index contributed by atoms with van der Waals surface area (Å²) in [5, 5.41) is 3.22. The van der Waals surface area contributed by atoms with Gasteiger partial charge in [0, 0.05) is 5.69 Å². The average molecular weight is 264 g/mol. The lowest BCUT2D eigenvalue weighted by Crippen LogP contribution is -2.53. The van der Waals surface area contributed by atoms with E-state index in [2.05, 4.69) is 12.2 Å². The first-order valence-corrected chi connectivity index (χ1v) is 6.83. The van der Waals surface area contributed by atoms with Crippen molar-refractivity contribution in [2.24, 2.45) is 11.7 Å². The Morgan fingerprint density at radius 3 is 2.84 bits per heavy atom. The Labute approximate surface area is 113 Å². The third-order valence-corrected chi connectivity index (χ3v) is 4.16. The number of hydrogen-bond donors (Lipinski definition) is 2. The molecule has 0 spiro atoms. The van der Waals surface area contributed by atoms with Crippen molar-refractivity contribution in [1.82, 2.24) is 0 Å². The van der Waals surface area contributed by atoms with Crippen molar-refractivity contribution in [1.29, 1.82) is 0 Å². The number of primary amides is 1. The van der Waals surface area contributed by atoms with Crippen molar-refractivity contribution < 1.29 is 9.18 Å². The molecule has 1 aromatic rings. The summed E-state index contributed by atoms with van der Waals surface area (Å²) in [4.78, 5) is 11.9. The number of hydrogen-bond acceptors (Lipinski definition) is 2. The summed E-state index contributed by atoms with van der Waals surface area (Å²) in [5.41, 5.74) is 6.36. The number of rotatable bonds is 4. The molecule has 1 aliphatic rings. The maximum atomic E-state index is 13.5. The van der Waals surface area contributed by atoms with Crippen LogP contribution in [0.1, 0.15) is 38.2 Å². The monoisotopic (exact) mass is 264 g/mol. The zero-order chi connectivity index (χ0) is 14.0. The minimum atomic E-state index is -0.727. The Hall–Kier alpha value is -1.58. The topological polar surface area (TPSA) is 55.1 Å². The highest BCUT2D eigenvalue weighted by molar-refractivity contribution is 5.88. The minimum absolute atomic E-state index is 0.216. The van der Waals surface area contributed by atoms with Crippen molar-refractivity contribution >= 4 is 11.6 Å². The largest absolute Gasteiger partial charge is 0.371 e. The van der Waals surface area contributed by atoms with Gasteiger partial charge in [0.2, 0.25) is 5.91 Å². The number of amides is 1. The molecule has 104 valence electrons. The van der Waals surface area contributed by atoms with Gasteiger partial charge in [-0.1, -0.05) is 19.8 Å². The zero-order valence-corrected chi connectivity index (χ0v) is 11.5. The first-order chi connectivity index (χ1) is 8.98. The zero-order valence-electron chi connectivity index (χ0n) is 11.5. The number of halogens is 1. The van der Waals surface area contributed by atoms with Crippen LogP contribution in [0.4, 0.5) is 10.1 Å². The fraction of sp³-hybridized carbons (Fsp3) is 0.533. The second-order valence-electron chi connectivity index (χ2n) is 5.48. The second kappa shape index (κ2) is 5.19. The fourth-order valence-corrected chi connectivity index (χ4v) is 3.25. The molecule has 0 aromatic heterocycles. The van der Waals surface area contributed by atoms with Gasteiger partial charge < -0.3 is 11.1 Å². The van der Waals surface area contributed by atoms with Crippen LogP contribution in [0.3, 0.4) is 0 Å². The van der Waals surface area contributed by atoms with Crippen molar-refractivity contribution in [3.63, 3.8) is 0 Å². The van der Waals surface area contributed by atoms with Crippen molar-refractivity contribution in [3.8, 4) is 0 Å². The van der Waals surface area contributed by atoms with E-state index in [1.165, 1.54) is 12.1 Å². The predicted octanol–water partition coefficient (Wildman–Crippen LogP) is 2.98. The van der Waals surface area contributed by atoms with Gasteiger partial charge in [-0.05, 0) is 49.4 Å². The number of anilines is 1. The van der Waals surface area contributed by atoms with E-state index in [4.69, 9.17) is 5.73 Å². The summed E-state index contributed by atoms with van der Waals surface area (Å²) in [6, 6.07) is 4.73.